The number of esters is 1. The molecule has 0 amide bonds. The molecule has 0 unspecified atom stereocenters. The van der Waals surface area contributed by atoms with Crippen LogP contribution in [0, 0.1) is 5.92 Å². The fourth-order valence-corrected chi connectivity index (χ4v) is 3.87. The van der Waals surface area contributed by atoms with Crippen LogP contribution in [-0.2, 0) is 9.53 Å². The van der Waals surface area contributed by atoms with E-state index in [1.54, 1.807) is 0 Å². The topological polar surface area (TPSA) is 29.5 Å². The molecule has 17 heavy (non-hydrogen) atoms. The Morgan fingerprint density at radius 3 is 2.82 bits per heavy atom. The lowest BCUT2D eigenvalue weighted by Gasteiger charge is -2.31. The number of ether oxygens (including phenoxy) is 1. The summed E-state index contributed by atoms with van der Waals surface area (Å²) < 4.78 is 5.57. The molecule has 3 aliphatic heterocycles. The van der Waals surface area contributed by atoms with E-state index in [-0.39, 0.29) is 18.0 Å². The molecule has 0 bridgehead atoms. The van der Waals surface area contributed by atoms with Crippen molar-refractivity contribution in [3.8, 4) is 0 Å². The van der Waals surface area contributed by atoms with Crippen LogP contribution in [0.5, 0.6) is 0 Å². The lowest BCUT2D eigenvalue weighted by Crippen LogP contribution is -2.42. The Hall–Kier alpha value is -0.570. The third kappa shape index (κ3) is 2.10. The van der Waals surface area contributed by atoms with Gasteiger partial charge in [0.2, 0.25) is 0 Å². The summed E-state index contributed by atoms with van der Waals surface area (Å²) in [6, 6.07) is 1.30. The Morgan fingerprint density at radius 1 is 1.18 bits per heavy atom. The van der Waals surface area contributed by atoms with Gasteiger partial charge in [-0.25, -0.2) is 0 Å². The highest BCUT2D eigenvalue weighted by Gasteiger charge is 2.44. The van der Waals surface area contributed by atoms with Crippen molar-refractivity contribution in [3.63, 3.8) is 0 Å². The molecule has 3 rings (SSSR count). The number of cyclic esters (lactones) is 1. The first-order chi connectivity index (χ1) is 8.25. The van der Waals surface area contributed by atoms with E-state index in [2.05, 4.69) is 4.90 Å². The molecular weight excluding hydrogens is 214 g/mol. The van der Waals surface area contributed by atoms with Crippen molar-refractivity contribution in [2.45, 2.75) is 70.1 Å². The summed E-state index contributed by atoms with van der Waals surface area (Å²) in [6.45, 7) is 3.22. The van der Waals surface area contributed by atoms with E-state index in [4.69, 9.17) is 4.74 Å². The molecule has 3 heterocycles. The van der Waals surface area contributed by atoms with Gasteiger partial charge < -0.3 is 4.74 Å². The van der Waals surface area contributed by atoms with Gasteiger partial charge in [0.15, 0.2) is 0 Å². The normalized spacial score (nSPS) is 43.2. The fraction of sp³-hybridized carbons (Fsp3) is 0.929. The maximum Gasteiger partial charge on any atom is 0.309 e. The fourth-order valence-electron chi connectivity index (χ4n) is 3.87. The second-order valence-corrected chi connectivity index (χ2v) is 6.00. The molecule has 0 spiro atoms. The van der Waals surface area contributed by atoms with Gasteiger partial charge in [-0.15, -0.1) is 0 Å². The minimum atomic E-state index is 0.0215. The molecule has 4 atom stereocenters. The molecule has 96 valence electrons. The Labute approximate surface area is 104 Å². The van der Waals surface area contributed by atoms with Crippen LogP contribution in [0.25, 0.3) is 0 Å². The van der Waals surface area contributed by atoms with E-state index in [1.165, 1.54) is 45.1 Å². The van der Waals surface area contributed by atoms with Gasteiger partial charge in [0.25, 0.3) is 0 Å². The first kappa shape index (κ1) is 11.5. The average molecular weight is 237 g/mol. The molecule has 3 fully saturated rings. The standard InChI is InChI=1S/C14H23NO2/c1-10-9-13(17-14(10)16)12-7-6-11-5-3-2-4-8-15(11)12/h10-13H,2-9H2,1H3/t10-,11+,12-,13-/m0/s1. The van der Waals surface area contributed by atoms with Crippen LogP contribution >= 0.6 is 0 Å². The highest BCUT2D eigenvalue weighted by Crippen LogP contribution is 2.36. The molecule has 0 radical (unpaired) electrons. The predicted molar refractivity (Wildman–Crippen MR) is 65.6 cm³/mol. The number of carbonyl (C=O) groups is 1. The molecule has 0 aromatic heterocycles. The highest BCUT2D eigenvalue weighted by atomic mass is 16.6. The summed E-state index contributed by atoms with van der Waals surface area (Å²) in [4.78, 5) is 14.2. The Balaban J connectivity index is 1.69. The van der Waals surface area contributed by atoms with Crippen LogP contribution < -0.4 is 0 Å². The van der Waals surface area contributed by atoms with Crippen LogP contribution in [0.2, 0.25) is 0 Å². The van der Waals surface area contributed by atoms with Crippen molar-refractivity contribution in [1.82, 2.24) is 4.90 Å². The minimum Gasteiger partial charge on any atom is -0.460 e. The minimum absolute atomic E-state index is 0.0215. The summed E-state index contributed by atoms with van der Waals surface area (Å²) >= 11 is 0. The monoisotopic (exact) mass is 237 g/mol. The summed E-state index contributed by atoms with van der Waals surface area (Å²) in [5.74, 6) is 0.138. The van der Waals surface area contributed by atoms with Crippen LogP contribution in [0.15, 0.2) is 0 Å². The van der Waals surface area contributed by atoms with Crippen molar-refractivity contribution in [1.29, 1.82) is 0 Å². The van der Waals surface area contributed by atoms with E-state index >= 15 is 0 Å². The molecular formula is C14H23NO2. The zero-order valence-corrected chi connectivity index (χ0v) is 10.7. The number of hydrogen-bond donors (Lipinski definition) is 0. The number of fused-ring (bicyclic) bond motifs is 1. The SMILES string of the molecule is C[C@H]1C[C@@H]([C@@H]2CC[C@H]3CCCCCN32)OC1=O. The van der Waals surface area contributed by atoms with Gasteiger partial charge in [-0.05, 0) is 38.6 Å². The van der Waals surface area contributed by atoms with Crippen LogP contribution in [0.1, 0.15) is 51.9 Å². The third-order valence-electron chi connectivity index (χ3n) is 4.83. The Kier molecular flexibility index (Phi) is 3.12. The Morgan fingerprint density at radius 2 is 2.06 bits per heavy atom. The molecule has 3 heteroatoms. The summed E-state index contributed by atoms with van der Waals surface area (Å²) in [5, 5.41) is 0. The summed E-state index contributed by atoms with van der Waals surface area (Å²) in [5.41, 5.74) is 0. The average Bonchev–Trinajstić information content (AvgIpc) is 2.76. The van der Waals surface area contributed by atoms with Gasteiger partial charge >= 0.3 is 5.97 Å². The van der Waals surface area contributed by atoms with Gasteiger partial charge in [-0.1, -0.05) is 19.8 Å². The van der Waals surface area contributed by atoms with Gasteiger partial charge in [0.05, 0.1) is 5.92 Å². The van der Waals surface area contributed by atoms with Gasteiger partial charge in [0, 0.05) is 12.1 Å². The molecule has 0 aromatic carbocycles. The molecule has 0 aromatic rings. The zero-order valence-electron chi connectivity index (χ0n) is 10.7. The molecule has 3 nitrogen and oxygen atoms in total. The number of nitrogens with zero attached hydrogens (tertiary/aromatic N) is 1. The van der Waals surface area contributed by atoms with Crippen molar-refractivity contribution < 1.29 is 9.53 Å². The lowest BCUT2D eigenvalue weighted by atomic mass is 10.00. The smallest absolute Gasteiger partial charge is 0.309 e. The number of carbonyl (C=O) groups excluding carboxylic acids is 1. The van der Waals surface area contributed by atoms with Crippen molar-refractivity contribution in [2.24, 2.45) is 5.92 Å². The first-order valence-electron chi connectivity index (χ1n) is 7.22. The molecule has 3 aliphatic rings. The number of rotatable bonds is 1. The molecule has 0 aliphatic carbocycles. The molecule has 3 saturated heterocycles. The predicted octanol–water partition coefficient (Wildman–Crippen LogP) is 2.35. The summed E-state index contributed by atoms with van der Waals surface area (Å²) in [7, 11) is 0. The molecule has 0 N–H and O–H groups in total. The quantitative estimate of drug-likeness (QED) is 0.656. The van der Waals surface area contributed by atoms with E-state index in [9.17, 15) is 4.79 Å². The maximum absolute atomic E-state index is 11.5. The maximum atomic E-state index is 11.5. The van der Waals surface area contributed by atoms with Crippen LogP contribution in [0.3, 0.4) is 0 Å². The molecule has 0 saturated carbocycles. The third-order valence-corrected chi connectivity index (χ3v) is 4.83. The van der Waals surface area contributed by atoms with Gasteiger partial charge in [-0.2, -0.15) is 0 Å². The number of hydrogen-bond acceptors (Lipinski definition) is 3. The van der Waals surface area contributed by atoms with Crippen LogP contribution in [-0.4, -0.2) is 35.6 Å². The largest absolute Gasteiger partial charge is 0.460 e. The highest BCUT2D eigenvalue weighted by molar-refractivity contribution is 5.74. The Bertz CT molecular complexity index is 305. The van der Waals surface area contributed by atoms with Crippen molar-refractivity contribution in [3.05, 3.63) is 0 Å². The second kappa shape index (κ2) is 4.60. The van der Waals surface area contributed by atoms with E-state index in [1.807, 2.05) is 6.92 Å². The lowest BCUT2D eigenvalue weighted by molar-refractivity contribution is -0.145. The van der Waals surface area contributed by atoms with E-state index in [0.717, 1.165) is 12.5 Å². The summed E-state index contributed by atoms with van der Waals surface area (Å²) in [6.07, 6.45) is 9.10. The van der Waals surface area contributed by atoms with E-state index < -0.39 is 0 Å². The first-order valence-corrected chi connectivity index (χ1v) is 7.22. The van der Waals surface area contributed by atoms with Crippen molar-refractivity contribution >= 4 is 5.97 Å². The van der Waals surface area contributed by atoms with Crippen molar-refractivity contribution in [2.75, 3.05) is 6.54 Å². The van der Waals surface area contributed by atoms with Crippen LogP contribution in [0.4, 0.5) is 0 Å². The second-order valence-electron chi connectivity index (χ2n) is 6.00. The van der Waals surface area contributed by atoms with Gasteiger partial charge in [0.1, 0.15) is 6.10 Å². The van der Waals surface area contributed by atoms with Gasteiger partial charge in [-0.3, -0.25) is 9.69 Å². The zero-order chi connectivity index (χ0) is 11.8. The van der Waals surface area contributed by atoms with E-state index in [0.29, 0.717) is 6.04 Å².